The van der Waals surface area contributed by atoms with Crippen LogP contribution in [-0.2, 0) is 10.0 Å². The molecule has 2 heterocycles. The first-order valence-electron chi connectivity index (χ1n) is 9.27. The van der Waals surface area contributed by atoms with Crippen molar-refractivity contribution in [3.05, 3.63) is 59.4 Å². The maximum Gasteiger partial charge on any atom is 0.262 e. The van der Waals surface area contributed by atoms with Gasteiger partial charge in [0.05, 0.1) is 16.8 Å². The standard InChI is InChI=1S/C20H19ClN4O3S/c21-14-7-8-15(20(26)25-11-2-1-3-12-25)18(13-14)29(27,28)24-17-6-4-5-16-19(17)23-10-9-22-16/h4-10,13,24H,1-3,11-12H2. The van der Waals surface area contributed by atoms with Crippen LogP contribution in [0.2, 0.25) is 5.02 Å². The molecule has 0 bridgehead atoms. The molecule has 150 valence electrons. The van der Waals surface area contributed by atoms with Crippen molar-refractivity contribution in [2.75, 3.05) is 17.8 Å². The van der Waals surface area contributed by atoms with E-state index >= 15 is 0 Å². The molecule has 4 rings (SSSR count). The summed E-state index contributed by atoms with van der Waals surface area (Å²) in [6.45, 7) is 1.24. The second-order valence-corrected chi connectivity index (χ2v) is 8.92. The van der Waals surface area contributed by atoms with Crippen LogP contribution in [-0.4, -0.2) is 42.3 Å². The predicted molar refractivity (Wildman–Crippen MR) is 112 cm³/mol. The molecule has 1 saturated heterocycles. The molecule has 7 nitrogen and oxygen atoms in total. The summed E-state index contributed by atoms with van der Waals surface area (Å²) in [5.74, 6) is -0.306. The molecule has 1 N–H and O–H groups in total. The zero-order valence-electron chi connectivity index (χ0n) is 15.5. The molecule has 2 aromatic carbocycles. The fourth-order valence-electron chi connectivity index (χ4n) is 3.44. The number of nitrogens with zero attached hydrogens (tertiary/aromatic N) is 3. The second kappa shape index (κ2) is 7.96. The average Bonchev–Trinajstić information content (AvgIpc) is 2.74. The van der Waals surface area contributed by atoms with Gasteiger partial charge in [-0.05, 0) is 49.6 Å². The maximum absolute atomic E-state index is 13.2. The lowest BCUT2D eigenvalue weighted by Gasteiger charge is -2.27. The summed E-state index contributed by atoms with van der Waals surface area (Å²) >= 11 is 6.07. The van der Waals surface area contributed by atoms with E-state index in [1.807, 2.05) is 0 Å². The number of rotatable bonds is 4. The maximum atomic E-state index is 13.2. The summed E-state index contributed by atoms with van der Waals surface area (Å²) in [6, 6.07) is 9.33. The molecule has 0 saturated carbocycles. The highest BCUT2D eigenvalue weighted by Crippen LogP contribution is 2.27. The molecule has 29 heavy (non-hydrogen) atoms. The van der Waals surface area contributed by atoms with Crippen molar-refractivity contribution in [2.45, 2.75) is 24.2 Å². The van der Waals surface area contributed by atoms with Gasteiger partial charge in [0.25, 0.3) is 15.9 Å². The molecule has 0 radical (unpaired) electrons. The Morgan fingerprint density at radius 2 is 1.79 bits per heavy atom. The van der Waals surface area contributed by atoms with Gasteiger partial charge in [0.1, 0.15) is 10.4 Å². The second-order valence-electron chi connectivity index (χ2n) is 6.83. The third-order valence-electron chi connectivity index (χ3n) is 4.85. The van der Waals surface area contributed by atoms with E-state index < -0.39 is 10.0 Å². The van der Waals surface area contributed by atoms with Crippen LogP contribution in [0.4, 0.5) is 5.69 Å². The molecule has 3 aromatic rings. The van der Waals surface area contributed by atoms with E-state index in [0.29, 0.717) is 24.1 Å². The number of para-hydroxylation sites is 1. The largest absolute Gasteiger partial charge is 0.339 e. The number of halogens is 1. The topological polar surface area (TPSA) is 92.3 Å². The van der Waals surface area contributed by atoms with Gasteiger partial charge in [-0.2, -0.15) is 0 Å². The number of benzene rings is 2. The fourth-order valence-corrected chi connectivity index (χ4v) is 4.97. The molecule has 1 fully saturated rings. The van der Waals surface area contributed by atoms with E-state index in [-0.39, 0.29) is 27.1 Å². The van der Waals surface area contributed by atoms with Gasteiger partial charge >= 0.3 is 0 Å². The van der Waals surface area contributed by atoms with E-state index in [9.17, 15) is 13.2 Å². The first-order valence-corrected chi connectivity index (χ1v) is 11.1. The monoisotopic (exact) mass is 430 g/mol. The number of hydrogen-bond donors (Lipinski definition) is 1. The summed E-state index contributed by atoms with van der Waals surface area (Å²) < 4.78 is 29.0. The van der Waals surface area contributed by atoms with Crippen LogP contribution >= 0.6 is 11.6 Å². The van der Waals surface area contributed by atoms with Gasteiger partial charge in [0.2, 0.25) is 0 Å². The van der Waals surface area contributed by atoms with Gasteiger partial charge in [0.15, 0.2) is 0 Å². The van der Waals surface area contributed by atoms with E-state index in [1.165, 1.54) is 30.6 Å². The minimum Gasteiger partial charge on any atom is -0.339 e. The molecule has 0 atom stereocenters. The number of likely N-dealkylation sites (tertiary alicyclic amines) is 1. The number of carbonyl (C=O) groups is 1. The molecule has 0 spiro atoms. The van der Waals surface area contributed by atoms with Gasteiger partial charge in [-0.15, -0.1) is 0 Å². The van der Waals surface area contributed by atoms with Crippen molar-refractivity contribution in [1.29, 1.82) is 0 Å². The van der Waals surface area contributed by atoms with E-state index in [1.54, 1.807) is 23.1 Å². The van der Waals surface area contributed by atoms with Crippen LogP contribution in [0.15, 0.2) is 53.7 Å². The Labute approximate surface area is 173 Å². The molecular weight excluding hydrogens is 412 g/mol. The van der Waals surface area contributed by atoms with Crippen LogP contribution in [0, 0.1) is 0 Å². The van der Waals surface area contributed by atoms with Crippen LogP contribution in [0.3, 0.4) is 0 Å². The number of hydrogen-bond acceptors (Lipinski definition) is 5. The summed E-state index contributed by atoms with van der Waals surface area (Å²) in [4.78, 5) is 23.0. The van der Waals surface area contributed by atoms with Gasteiger partial charge in [-0.1, -0.05) is 17.7 Å². The Hall–Kier alpha value is -2.71. The van der Waals surface area contributed by atoms with Crippen molar-refractivity contribution >= 4 is 44.3 Å². The first kappa shape index (κ1) is 19.6. The summed E-state index contributed by atoms with van der Waals surface area (Å²) in [7, 11) is -4.09. The Balaban J connectivity index is 1.74. The normalized spacial score (nSPS) is 14.7. The fraction of sp³-hybridized carbons (Fsp3) is 0.250. The number of amides is 1. The van der Waals surface area contributed by atoms with Crippen molar-refractivity contribution in [2.24, 2.45) is 0 Å². The quantitative estimate of drug-likeness (QED) is 0.681. The minimum atomic E-state index is -4.09. The lowest BCUT2D eigenvalue weighted by molar-refractivity contribution is 0.0720. The summed E-state index contributed by atoms with van der Waals surface area (Å²) in [5, 5.41) is 0.235. The van der Waals surface area contributed by atoms with Crippen LogP contribution in [0.5, 0.6) is 0 Å². The third kappa shape index (κ3) is 4.04. The highest BCUT2D eigenvalue weighted by Gasteiger charge is 2.27. The molecule has 0 aliphatic carbocycles. The molecule has 9 heteroatoms. The number of piperidine rings is 1. The Kier molecular flexibility index (Phi) is 5.38. The number of anilines is 1. The van der Waals surface area contributed by atoms with E-state index in [4.69, 9.17) is 11.6 Å². The Morgan fingerprint density at radius 1 is 1.03 bits per heavy atom. The molecule has 1 amide bonds. The van der Waals surface area contributed by atoms with E-state index in [2.05, 4.69) is 14.7 Å². The smallest absolute Gasteiger partial charge is 0.262 e. The van der Waals surface area contributed by atoms with Gasteiger partial charge < -0.3 is 4.90 Å². The minimum absolute atomic E-state index is 0.107. The number of nitrogens with one attached hydrogen (secondary N) is 1. The number of aromatic nitrogens is 2. The van der Waals surface area contributed by atoms with Crippen molar-refractivity contribution < 1.29 is 13.2 Å². The number of carbonyl (C=O) groups excluding carboxylic acids is 1. The van der Waals surface area contributed by atoms with Crippen LogP contribution < -0.4 is 4.72 Å². The molecule has 1 aliphatic rings. The average molecular weight is 431 g/mol. The van der Waals surface area contributed by atoms with Crippen LogP contribution in [0.1, 0.15) is 29.6 Å². The zero-order valence-corrected chi connectivity index (χ0v) is 17.1. The molecule has 1 aliphatic heterocycles. The molecule has 0 unspecified atom stereocenters. The van der Waals surface area contributed by atoms with Gasteiger partial charge in [-0.3, -0.25) is 19.5 Å². The molecule has 1 aromatic heterocycles. The zero-order chi connectivity index (χ0) is 20.4. The SMILES string of the molecule is O=C(c1ccc(Cl)cc1S(=O)(=O)Nc1cccc2nccnc12)N1CCCCC1. The summed E-state index contributed by atoms with van der Waals surface area (Å²) in [6.07, 6.45) is 5.92. The first-order chi connectivity index (χ1) is 14.0. The van der Waals surface area contributed by atoms with Crippen molar-refractivity contribution in [3.63, 3.8) is 0 Å². The van der Waals surface area contributed by atoms with Crippen molar-refractivity contribution in [3.8, 4) is 0 Å². The van der Waals surface area contributed by atoms with Crippen molar-refractivity contribution in [1.82, 2.24) is 14.9 Å². The van der Waals surface area contributed by atoms with E-state index in [0.717, 1.165) is 19.3 Å². The lowest BCUT2D eigenvalue weighted by atomic mass is 10.1. The van der Waals surface area contributed by atoms with Gasteiger partial charge in [-0.25, -0.2) is 8.42 Å². The highest BCUT2D eigenvalue weighted by molar-refractivity contribution is 7.92. The molecular formula is C20H19ClN4O3S. The number of fused-ring (bicyclic) bond motifs is 1. The predicted octanol–water partition coefficient (Wildman–Crippen LogP) is 3.71. The van der Waals surface area contributed by atoms with Crippen LogP contribution in [0.25, 0.3) is 11.0 Å². The highest BCUT2D eigenvalue weighted by atomic mass is 35.5. The lowest BCUT2D eigenvalue weighted by Crippen LogP contribution is -2.36. The Bertz CT molecular complexity index is 1170. The Morgan fingerprint density at radius 3 is 2.59 bits per heavy atom. The van der Waals surface area contributed by atoms with Gasteiger partial charge in [0, 0.05) is 30.5 Å². The summed E-state index contributed by atoms with van der Waals surface area (Å²) in [5.41, 5.74) is 1.37. The number of sulfonamides is 1. The third-order valence-corrected chi connectivity index (χ3v) is 6.49.